The van der Waals surface area contributed by atoms with Crippen molar-refractivity contribution in [3.63, 3.8) is 0 Å². The van der Waals surface area contributed by atoms with Crippen molar-refractivity contribution in [3.05, 3.63) is 70.8 Å². The fourth-order valence-electron chi connectivity index (χ4n) is 4.86. The monoisotopic (exact) mass is 356 g/mol. The lowest BCUT2D eigenvalue weighted by Gasteiger charge is -2.41. The molecule has 0 saturated carbocycles. The average Bonchev–Trinajstić information content (AvgIpc) is 2.84. The molecule has 0 aromatic heterocycles. The van der Waals surface area contributed by atoms with Gasteiger partial charge in [0.05, 0.1) is 6.21 Å². The second-order valence-electron chi connectivity index (χ2n) is 8.26. The SMILES string of the molecule is Cc1ccc(C)c2c1C(C)(C)N(C)C21C=Nc2ccc3ccccc3c2O1. The van der Waals surface area contributed by atoms with Crippen LogP contribution in [-0.4, -0.2) is 18.2 Å². The third-order valence-corrected chi connectivity index (χ3v) is 6.42. The van der Waals surface area contributed by atoms with E-state index in [4.69, 9.17) is 9.73 Å². The lowest BCUT2D eigenvalue weighted by Crippen LogP contribution is -2.51. The van der Waals surface area contributed by atoms with Crippen LogP contribution >= 0.6 is 0 Å². The van der Waals surface area contributed by atoms with Gasteiger partial charge in [0.25, 0.3) is 0 Å². The van der Waals surface area contributed by atoms with Crippen molar-refractivity contribution in [1.82, 2.24) is 4.90 Å². The van der Waals surface area contributed by atoms with Crippen LogP contribution in [0.2, 0.25) is 0 Å². The molecule has 27 heavy (non-hydrogen) atoms. The minimum absolute atomic E-state index is 0.153. The largest absolute Gasteiger partial charge is 0.460 e. The zero-order valence-corrected chi connectivity index (χ0v) is 16.5. The van der Waals surface area contributed by atoms with Crippen LogP contribution in [-0.2, 0) is 11.3 Å². The van der Waals surface area contributed by atoms with E-state index in [0.29, 0.717) is 0 Å². The predicted molar refractivity (Wildman–Crippen MR) is 111 cm³/mol. The van der Waals surface area contributed by atoms with Crippen molar-refractivity contribution in [2.75, 3.05) is 7.05 Å². The number of rotatable bonds is 0. The predicted octanol–water partition coefficient (Wildman–Crippen LogP) is 5.58. The molecule has 2 heterocycles. The standard InChI is InChI=1S/C24H24N2O/c1-15-10-11-16(2)21-20(15)23(3,4)26(5)24(21)14-25-19-13-12-17-8-6-7-9-18(17)22(19)27-24/h6-14H,1-5H3. The highest BCUT2D eigenvalue weighted by Crippen LogP contribution is 2.54. The number of benzene rings is 3. The second-order valence-corrected chi connectivity index (χ2v) is 8.26. The minimum Gasteiger partial charge on any atom is -0.460 e. The molecular weight excluding hydrogens is 332 g/mol. The Bertz CT molecular complexity index is 1130. The third kappa shape index (κ3) is 1.98. The van der Waals surface area contributed by atoms with Gasteiger partial charge in [-0.25, -0.2) is 0 Å². The van der Waals surface area contributed by atoms with Gasteiger partial charge >= 0.3 is 0 Å². The summed E-state index contributed by atoms with van der Waals surface area (Å²) in [7, 11) is 2.14. The van der Waals surface area contributed by atoms with E-state index in [9.17, 15) is 0 Å². The molecule has 0 aliphatic carbocycles. The first-order valence-corrected chi connectivity index (χ1v) is 9.47. The Morgan fingerprint density at radius 2 is 1.59 bits per heavy atom. The summed E-state index contributed by atoms with van der Waals surface area (Å²) in [5.41, 5.74) is 5.17. The topological polar surface area (TPSA) is 24.8 Å². The first kappa shape index (κ1) is 16.5. The van der Waals surface area contributed by atoms with Crippen molar-refractivity contribution < 1.29 is 4.74 Å². The molecule has 0 saturated heterocycles. The molecule has 0 amide bonds. The zero-order chi connectivity index (χ0) is 19.0. The molecule has 3 aromatic rings. The number of aryl methyl sites for hydroxylation is 2. The Labute approximate surface area is 160 Å². The van der Waals surface area contributed by atoms with Gasteiger partial charge in [-0.1, -0.05) is 42.5 Å². The molecule has 0 fully saturated rings. The molecule has 5 rings (SSSR count). The quantitative estimate of drug-likeness (QED) is 0.525. The first-order valence-electron chi connectivity index (χ1n) is 9.47. The molecule has 1 atom stereocenters. The molecule has 3 aromatic carbocycles. The molecule has 2 aliphatic rings. The van der Waals surface area contributed by atoms with Crippen LogP contribution in [0.15, 0.2) is 53.5 Å². The van der Waals surface area contributed by atoms with E-state index >= 15 is 0 Å². The molecule has 0 bridgehead atoms. The van der Waals surface area contributed by atoms with Crippen LogP contribution in [0.25, 0.3) is 10.8 Å². The van der Waals surface area contributed by atoms with Crippen LogP contribution in [0.3, 0.4) is 0 Å². The first-order chi connectivity index (χ1) is 12.9. The van der Waals surface area contributed by atoms with Gasteiger partial charge in [0, 0.05) is 16.5 Å². The molecular formula is C24H24N2O. The van der Waals surface area contributed by atoms with Gasteiger partial charge in [0.1, 0.15) is 5.69 Å². The minimum atomic E-state index is -0.688. The molecule has 3 nitrogen and oxygen atoms in total. The van der Waals surface area contributed by atoms with Crippen molar-refractivity contribution >= 4 is 22.7 Å². The summed E-state index contributed by atoms with van der Waals surface area (Å²) in [6, 6.07) is 16.9. The maximum absolute atomic E-state index is 6.88. The zero-order valence-electron chi connectivity index (χ0n) is 16.5. The van der Waals surface area contributed by atoms with Gasteiger partial charge in [-0.2, -0.15) is 0 Å². The smallest absolute Gasteiger partial charge is 0.227 e. The number of aliphatic imine (C=N–C) groups is 1. The average molecular weight is 356 g/mol. The van der Waals surface area contributed by atoms with Gasteiger partial charge in [-0.05, 0) is 62.9 Å². The molecule has 3 heteroatoms. The number of fused-ring (bicyclic) bond motifs is 5. The summed E-state index contributed by atoms with van der Waals surface area (Å²) in [6.45, 7) is 8.90. The second kappa shape index (κ2) is 5.20. The molecule has 1 spiro atoms. The summed E-state index contributed by atoms with van der Waals surface area (Å²) in [5.74, 6) is 0.868. The maximum atomic E-state index is 6.88. The lowest BCUT2D eigenvalue weighted by molar-refractivity contribution is -0.0469. The Balaban J connectivity index is 1.82. The van der Waals surface area contributed by atoms with E-state index in [1.807, 2.05) is 12.3 Å². The van der Waals surface area contributed by atoms with Crippen LogP contribution in [0, 0.1) is 13.8 Å². The lowest BCUT2D eigenvalue weighted by atomic mass is 9.86. The summed E-state index contributed by atoms with van der Waals surface area (Å²) in [6.07, 6.45) is 1.99. The summed E-state index contributed by atoms with van der Waals surface area (Å²) in [5, 5.41) is 2.28. The number of hydrogen-bond donors (Lipinski definition) is 0. The summed E-state index contributed by atoms with van der Waals surface area (Å²) in [4.78, 5) is 7.19. The van der Waals surface area contributed by atoms with Crippen molar-refractivity contribution in [3.8, 4) is 5.75 Å². The van der Waals surface area contributed by atoms with E-state index in [0.717, 1.165) is 16.8 Å². The van der Waals surface area contributed by atoms with Crippen LogP contribution < -0.4 is 4.74 Å². The van der Waals surface area contributed by atoms with E-state index in [-0.39, 0.29) is 5.54 Å². The van der Waals surface area contributed by atoms with E-state index in [2.05, 4.69) is 82.1 Å². The Hall–Kier alpha value is -2.65. The van der Waals surface area contributed by atoms with Crippen LogP contribution in [0.1, 0.15) is 36.1 Å². The molecule has 0 N–H and O–H groups in total. The van der Waals surface area contributed by atoms with Gasteiger partial charge < -0.3 is 4.74 Å². The summed E-state index contributed by atoms with van der Waals surface area (Å²) < 4.78 is 6.88. The number of ether oxygens (including phenoxy) is 1. The molecule has 2 aliphatic heterocycles. The number of nitrogens with zero attached hydrogens (tertiary/aromatic N) is 2. The van der Waals surface area contributed by atoms with Crippen LogP contribution in [0.5, 0.6) is 5.75 Å². The van der Waals surface area contributed by atoms with E-state index in [1.165, 1.54) is 27.6 Å². The summed E-state index contributed by atoms with van der Waals surface area (Å²) >= 11 is 0. The highest BCUT2D eigenvalue weighted by Gasteiger charge is 2.56. The van der Waals surface area contributed by atoms with Crippen molar-refractivity contribution in [2.24, 2.45) is 4.99 Å². The highest BCUT2D eigenvalue weighted by atomic mass is 16.5. The molecule has 136 valence electrons. The molecule has 1 unspecified atom stereocenters. The fourth-order valence-corrected chi connectivity index (χ4v) is 4.86. The van der Waals surface area contributed by atoms with Gasteiger partial charge in [-0.3, -0.25) is 9.89 Å². The third-order valence-electron chi connectivity index (χ3n) is 6.42. The number of hydrogen-bond acceptors (Lipinski definition) is 3. The van der Waals surface area contributed by atoms with Crippen LogP contribution in [0.4, 0.5) is 5.69 Å². The van der Waals surface area contributed by atoms with Gasteiger partial charge in [0.2, 0.25) is 5.72 Å². The Kier molecular flexibility index (Phi) is 3.18. The van der Waals surface area contributed by atoms with Crippen molar-refractivity contribution in [1.29, 1.82) is 0 Å². The fraction of sp³-hybridized carbons (Fsp3) is 0.292. The van der Waals surface area contributed by atoms with Gasteiger partial charge in [0.15, 0.2) is 5.75 Å². The van der Waals surface area contributed by atoms with Gasteiger partial charge in [-0.15, -0.1) is 0 Å². The van der Waals surface area contributed by atoms with E-state index < -0.39 is 5.72 Å². The maximum Gasteiger partial charge on any atom is 0.227 e. The highest BCUT2D eigenvalue weighted by molar-refractivity contribution is 5.96. The van der Waals surface area contributed by atoms with E-state index in [1.54, 1.807) is 0 Å². The normalized spacial score (nSPS) is 22.7. The molecule has 0 radical (unpaired) electrons. The Morgan fingerprint density at radius 1 is 0.889 bits per heavy atom. The van der Waals surface area contributed by atoms with Crippen molar-refractivity contribution in [2.45, 2.75) is 39.0 Å². The Morgan fingerprint density at radius 3 is 2.37 bits per heavy atom.